The van der Waals surface area contributed by atoms with Gasteiger partial charge in [-0.2, -0.15) is 0 Å². The summed E-state index contributed by atoms with van der Waals surface area (Å²) in [6.07, 6.45) is 3.70. The van der Waals surface area contributed by atoms with Gasteiger partial charge in [-0.3, -0.25) is 9.59 Å². The molecule has 1 heterocycles. The molecule has 4 rings (SSSR count). The number of Topliss-reactive ketones (excluding diaryl/α,β-unsaturated/α-hetero) is 1. The van der Waals surface area contributed by atoms with Gasteiger partial charge in [-0.1, -0.05) is 67.1 Å². The number of carbonyl (C=O) groups excluding carboxylic acids is 3. The molecule has 1 saturated heterocycles. The molecule has 0 bridgehead atoms. The zero-order valence-electron chi connectivity index (χ0n) is 17.0. The summed E-state index contributed by atoms with van der Waals surface area (Å²) in [5, 5.41) is 0. The van der Waals surface area contributed by atoms with E-state index in [2.05, 4.69) is 0 Å². The standard InChI is InChI=1S/C25H27NO4/c27-23(19-10-5-2-6-11-19)15-20-12-7-13-21(20)16-24(28)26-22(17-30-25(26)29)14-18-8-3-1-4-9-18/h1-6,8-11,20-22H,7,12-17H2/t20-,21-,22+/m1/s1. The molecule has 1 aliphatic carbocycles. The summed E-state index contributed by atoms with van der Waals surface area (Å²) < 4.78 is 5.20. The number of ether oxygens (including phenoxy) is 1. The molecule has 5 nitrogen and oxygen atoms in total. The van der Waals surface area contributed by atoms with E-state index in [1.807, 2.05) is 60.7 Å². The summed E-state index contributed by atoms with van der Waals surface area (Å²) in [5.74, 6) is 0.272. The first-order valence-electron chi connectivity index (χ1n) is 10.7. The smallest absolute Gasteiger partial charge is 0.416 e. The van der Waals surface area contributed by atoms with E-state index in [-0.39, 0.29) is 36.2 Å². The van der Waals surface area contributed by atoms with Crippen LogP contribution < -0.4 is 0 Å². The Kier molecular flexibility index (Phi) is 6.26. The molecule has 156 valence electrons. The van der Waals surface area contributed by atoms with E-state index in [9.17, 15) is 14.4 Å². The maximum atomic E-state index is 13.1. The van der Waals surface area contributed by atoms with Crippen LogP contribution in [-0.2, 0) is 16.0 Å². The van der Waals surface area contributed by atoms with Gasteiger partial charge in [0.25, 0.3) is 0 Å². The number of benzene rings is 2. The van der Waals surface area contributed by atoms with Gasteiger partial charge in [0.05, 0.1) is 6.04 Å². The minimum absolute atomic E-state index is 0.127. The Morgan fingerprint density at radius 3 is 2.23 bits per heavy atom. The summed E-state index contributed by atoms with van der Waals surface area (Å²) in [6.45, 7) is 0.236. The number of hydrogen-bond donors (Lipinski definition) is 0. The molecule has 3 atom stereocenters. The van der Waals surface area contributed by atoms with Crippen LogP contribution in [0.4, 0.5) is 4.79 Å². The Balaban J connectivity index is 1.39. The first-order chi connectivity index (χ1) is 14.6. The van der Waals surface area contributed by atoms with Crippen LogP contribution in [0, 0.1) is 11.8 Å². The molecule has 0 aromatic heterocycles. The highest BCUT2D eigenvalue weighted by Gasteiger charge is 2.40. The van der Waals surface area contributed by atoms with E-state index >= 15 is 0 Å². The van der Waals surface area contributed by atoms with E-state index < -0.39 is 6.09 Å². The van der Waals surface area contributed by atoms with Crippen molar-refractivity contribution in [1.82, 2.24) is 4.90 Å². The van der Waals surface area contributed by atoms with Crippen molar-refractivity contribution in [1.29, 1.82) is 0 Å². The highest BCUT2D eigenvalue weighted by molar-refractivity contribution is 5.96. The number of amides is 2. The highest BCUT2D eigenvalue weighted by Crippen LogP contribution is 2.38. The van der Waals surface area contributed by atoms with Crippen LogP contribution in [0.3, 0.4) is 0 Å². The minimum Gasteiger partial charge on any atom is -0.447 e. The van der Waals surface area contributed by atoms with Crippen molar-refractivity contribution in [2.24, 2.45) is 11.8 Å². The summed E-state index contributed by atoms with van der Waals surface area (Å²) in [4.78, 5) is 39.3. The Bertz CT molecular complexity index is 896. The number of ketones is 1. The van der Waals surface area contributed by atoms with E-state index in [1.54, 1.807) is 0 Å². The van der Waals surface area contributed by atoms with E-state index in [1.165, 1.54) is 4.90 Å². The number of imide groups is 1. The average Bonchev–Trinajstić information content (AvgIpc) is 3.35. The first-order valence-corrected chi connectivity index (χ1v) is 10.7. The molecule has 0 spiro atoms. The van der Waals surface area contributed by atoms with Crippen LogP contribution >= 0.6 is 0 Å². The van der Waals surface area contributed by atoms with Crippen molar-refractivity contribution in [3.8, 4) is 0 Å². The number of cyclic esters (lactones) is 1. The molecule has 30 heavy (non-hydrogen) atoms. The lowest BCUT2D eigenvalue weighted by Crippen LogP contribution is -2.41. The fraction of sp³-hybridized carbons (Fsp3) is 0.400. The van der Waals surface area contributed by atoms with Gasteiger partial charge in [0.15, 0.2) is 5.78 Å². The lowest BCUT2D eigenvalue weighted by molar-refractivity contribution is -0.130. The van der Waals surface area contributed by atoms with Gasteiger partial charge in [0, 0.05) is 18.4 Å². The molecule has 2 fully saturated rings. The Morgan fingerprint density at radius 2 is 1.53 bits per heavy atom. The third-order valence-electron chi connectivity index (χ3n) is 6.34. The molecule has 2 aliphatic rings. The third-order valence-corrected chi connectivity index (χ3v) is 6.34. The molecule has 5 heteroatoms. The molecular weight excluding hydrogens is 378 g/mol. The maximum Gasteiger partial charge on any atom is 0.416 e. The monoisotopic (exact) mass is 405 g/mol. The summed E-state index contributed by atoms with van der Waals surface area (Å²) in [5.41, 5.74) is 1.80. The zero-order chi connectivity index (χ0) is 20.9. The van der Waals surface area contributed by atoms with Crippen LogP contribution in [-0.4, -0.2) is 35.3 Å². The quantitative estimate of drug-likeness (QED) is 0.629. The Hall–Kier alpha value is -2.95. The fourth-order valence-electron chi connectivity index (χ4n) is 4.76. The summed E-state index contributed by atoms with van der Waals surface area (Å²) >= 11 is 0. The topological polar surface area (TPSA) is 63.7 Å². The van der Waals surface area contributed by atoms with Crippen LogP contribution in [0.5, 0.6) is 0 Å². The molecule has 0 unspecified atom stereocenters. The second kappa shape index (κ2) is 9.24. The van der Waals surface area contributed by atoms with Gasteiger partial charge in [-0.05, 0) is 36.7 Å². The molecule has 1 aliphatic heterocycles. The van der Waals surface area contributed by atoms with Gasteiger partial charge in [-0.15, -0.1) is 0 Å². The number of rotatable bonds is 7. The summed E-state index contributed by atoms with van der Waals surface area (Å²) in [6, 6.07) is 18.9. The van der Waals surface area contributed by atoms with Gasteiger partial charge < -0.3 is 4.74 Å². The van der Waals surface area contributed by atoms with Crippen molar-refractivity contribution in [2.75, 3.05) is 6.61 Å². The molecule has 2 amide bonds. The predicted molar refractivity (Wildman–Crippen MR) is 113 cm³/mol. The van der Waals surface area contributed by atoms with Crippen molar-refractivity contribution in [2.45, 2.75) is 44.6 Å². The fourth-order valence-corrected chi connectivity index (χ4v) is 4.76. The van der Waals surface area contributed by atoms with Crippen LogP contribution in [0.1, 0.15) is 48.0 Å². The highest BCUT2D eigenvalue weighted by atomic mass is 16.6. The normalized spacial score (nSPS) is 23.4. The third kappa shape index (κ3) is 4.61. The van der Waals surface area contributed by atoms with Gasteiger partial charge in [0.1, 0.15) is 6.61 Å². The largest absolute Gasteiger partial charge is 0.447 e. The van der Waals surface area contributed by atoms with Crippen LogP contribution in [0.25, 0.3) is 0 Å². The number of carbonyl (C=O) groups is 3. The second-order valence-electron chi connectivity index (χ2n) is 8.33. The minimum atomic E-state index is -0.546. The molecule has 2 aromatic rings. The lowest BCUT2D eigenvalue weighted by atomic mass is 9.87. The average molecular weight is 405 g/mol. The Morgan fingerprint density at radius 1 is 0.900 bits per heavy atom. The van der Waals surface area contributed by atoms with Crippen molar-refractivity contribution >= 4 is 17.8 Å². The zero-order valence-corrected chi connectivity index (χ0v) is 17.0. The second-order valence-corrected chi connectivity index (χ2v) is 8.33. The van der Waals surface area contributed by atoms with E-state index in [0.717, 1.165) is 30.4 Å². The number of hydrogen-bond acceptors (Lipinski definition) is 4. The molecule has 0 radical (unpaired) electrons. The summed E-state index contributed by atoms with van der Waals surface area (Å²) in [7, 11) is 0. The SMILES string of the molecule is O=C(C[C@H]1CCC[C@@H]1CC(=O)N1C(=O)OC[C@@H]1Cc1ccccc1)c1ccccc1. The van der Waals surface area contributed by atoms with Gasteiger partial charge in [-0.25, -0.2) is 9.69 Å². The van der Waals surface area contributed by atoms with Crippen LogP contribution in [0.2, 0.25) is 0 Å². The number of nitrogens with zero attached hydrogens (tertiary/aromatic N) is 1. The van der Waals surface area contributed by atoms with Gasteiger partial charge in [0.2, 0.25) is 5.91 Å². The molecular formula is C25H27NO4. The molecule has 1 saturated carbocycles. The molecule has 0 N–H and O–H groups in total. The van der Waals surface area contributed by atoms with E-state index in [4.69, 9.17) is 4.74 Å². The van der Waals surface area contributed by atoms with Crippen molar-refractivity contribution in [3.63, 3.8) is 0 Å². The van der Waals surface area contributed by atoms with Crippen molar-refractivity contribution < 1.29 is 19.1 Å². The molecule has 2 aromatic carbocycles. The lowest BCUT2D eigenvalue weighted by Gasteiger charge is -2.24. The predicted octanol–water partition coefficient (Wildman–Crippen LogP) is 4.66. The Labute approximate surface area is 177 Å². The first kappa shape index (κ1) is 20.3. The van der Waals surface area contributed by atoms with Crippen molar-refractivity contribution in [3.05, 3.63) is 71.8 Å². The van der Waals surface area contributed by atoms with Gasteiger partial charge >= 0.3 is 6.09 Å². The maximum absolute atomic E-state index is 13.1. The van der Waals surface area contributed by atoms with Crippen LogP contribution in [0.15, 0.2) is 60.7 Å². The van der Waals surface area contributed by atoms with E-state index in [0.29, 0.717) is 19.3 Å².